The monoisotopic (exact) mass is 415 g/mol. The van der Waals surface area contributed by atoms with E-state index in [2.05, 4.69) is 15.6 Å². The first-order valence-electron chi connectivity index (χ1n) is 8.50. The van der Waals surface area contributed by atoms with Crippen molar-refractivity contribution >= 4 is 41.0 Å². The highest BCUT2D eigenvalue weighted by atomic mass is 35.5. The van der Waals surface area contributed by atoms with Crippen LogP contribution in [-0.4, -0.2) is 36.0 Å². The Kier molecular flexibility index (Phi) is 6.34. The van der Waals surface area contributed by atoms with E-state index in [0.717, 1.165) is 16.8 Å². The molecule has 144 valence electrons. The van der Waals surface area contributed by atoms with Crippen LogP contribution < -0.4 is 10.3 Å². The first-order chi connectivity index (χ1) is 13.4. The van der Waals surface area contributed by atoms with Crippen molar-refractivity contribution < 1.29 is 4.79 Å². The molecule has 28 heavy (non-hydrogen) atoms. The second-order valence-corrected chi connectivity index (χ2v) is 7.16. The highest BCUT2D eigenvalue weighted by Gasteiger charge is 2.10. The summed E-state index contributed by atoms with van der Waals surface area (Å²) in [5.74, 6) is -0.387. The summed E-state index contributed by atoms with van der Waals surface area (Å²) in [6.07, 6.45) is 3.30. The molecule has 0 radical (unpaired) electrons. The van der Waals surface area contributed by atoms with Gasteiger partial charge in [0.15, 0.2) is 5.69 Å². The Hall–Kier alpha value is -2.83. The standard InChI is InChI=1S/C20H19Cl2N5O/c1-26(2)17-7-3-14(4-8-17)12-23-24-20(28)19-9-10-27(25-19)13-15-5-6-16(21)11-18(15)22/h3-12H,13H2,1-2H3,(H,24,28)/b23-12-. The number of hydrogen-bond acceptors (Lipinski definition) is 4. The Labute approximate surface area is 173 Å². The van der Waals surface area contributed by atoms with E-state index in [4.69, 9.17) is 23.2 Å². The predicted octanol–water partition coefficient (Wildman–Crippen LogP) is 4.07. The Morgan fingerprint density at radius 1 is 1.18 bits per heavy atom. The zero-order valence-corrected chi connectivity index (χ0v) is 16.9. The van der Waals surface area contributed by atoms with Crippen molar-refractivity contribution in [1.82, 2.24) is 15.2 Å². The molecule has 1 amide bonds. The van der Waals surface area contributed by atoms with Gasteiger partial charge in [0.1, 0.15) is 0 Å². The normalized spacial score (nSPS) is 11.0. The molecule has 2 aromatic carbocycles. The van der Waals surface area contributed by atoms with Crippen molar-refractivity contribution in [3.05, 3.63) is 81.6 Å². The summed E-state index contributed by atoms with van der Waals surface area (Å²) in [4.78, 5) is 14.2. The van der Waals surface area contributed by atoms with E-state index in [1.54, 1.807) is 35.3 Å². The van der Waals surface area contributed by atoms with Crippen LogP contribution in [0.4, 0.5) is 5.69 Å². The van der Waals surface area contributed by atoms with Crippen molar-refractivity contribution in [2.75, 3.05) is 19.0 Å². The Morgan fingerprint density at radius 3 is 2.61 bits per heavy atom. The third-order valence-corrected chi connectivity index (χ3v) is 4.60. The third kappa shape index (κ3) is 5.12. The van der Waals surface area contributed by atoms with Crippen molar-refractivity contribution in [1.29, 1.82) is 0 Å². The van der Waals surface area contributed by atoms with Gasteiger partial charge in [0.25, 0.3) is 5.91 Å². The minimum absolute atomic E-state index is 0.269. The number of carbonyl (C=O) groups is 1. The van der Waals surface area contributed by atoms with Gasteiger partial charge >= 0.3 is 0 Å². The zero-order chi connectivity index (χ0) is 20.1. The fourth-order valence-corrected chi connectivity index (χ4v) is 2.94. The van der Waals surface area contributed by atoms with Gasteiger partial charge in [-0.1, -0.05) is 41.4 Å². The van der Waals surface area contributed by atoms with Crippen LogP contribution in [0.3, 0.4) is 0 Å². The van der Waals surface area contributed by atoms with Gasteiger partial charge in [-0.2, -0.15) is 10.2 Å². The first kappa shape index (κ1) is 19.9. The number of hydrazone groups is 1. The summed E-state index contributed by atoms with van der Waals surface area (Å²) >= 11 is 12.1. The summed E-state index contributed by atoms with van der Waals surface area (Å²) in [7, 11) is 3.95. The largest absolute Gasteiger partial charge is 0.378 e. The average Bonchev–Trinajstić information content (AvgIpc) is 3.13. The molecule has 0 bridgehead atoms. The minimum Gasteiger partial charge on any atom is -0.378 e. The molecule has 0 atom stereocenters. The van der Waals surface area contributed by atoms with Crippen LogP contribution in [0.15, 0.2) is 59.8 Å². The molecule has 0 unspecified atom stereocenters. The van der Waals surface area contributed by atoms with Gasteiger partial charge in [-0.15, -0.1) is 0 Å². The molecule has 1 N–H and O–H groups in total. The maximum absolute atomic E-state index is 12.2. The maximum atomic E-state index is 12.2. The number of carbonyl (C=O) groups excluding carboxylic acids is 1. The number of nitrogens with zero attached hydrogens (tertiary/aromatic N) is 4. The summed E-state index contributed by atoms with van der Waals surface area (Å²) in [5, 5.41) is 9.37. The van der Waals surface area contributed by atoms with Crippen LogP contribution in [0.25, 0.3) is 0 Å². The van der Waals surface area contributed by atoms with E-state index in [1.165, 1.54) is 0 Å². The van der Waals surface area contributed by atoms with E-state index in [-0.39, 0.29) is 11.6 Å². The van der Waals surface area contributed by atoms with Crippen LogP contribution >= 0.6 is 23.2 Å². The Balaban J connectivity index is 1.59. The smallest absolute Gasteiger partial charge is 0.291 e. The van der Waals surface area contributed by atoms with E-state index in [1.807, 2.05) is 49.3 Å². The van der Waals surface area contributed by atoms with Gasteiger partial charge in [-0.25, -0.2) is 5.43 Å². The highest BCUT2D eigenvalue weighted by molar-refractivity contribution is 6.35. The van der Waals surface area contributed by atoms with Gasteiger partial charge in [0, 0.05) is 36.0 Å². The molecule has 0 saturated heterocycles. The number of hydrogen-bond donors (Lipinski definition) is 1. The molecule has 0 fully saturated rings. The second-order valence-electron chi connectivity index (χ2n) is 6.32. The molecular formula is C20H19Cl2N5O. The molecule has 0 aliphatic carbocycles. The predicted molar refractivity (Wildman–Crippen MR) is 114 cm³/mol. The highest BCUT2D eigenvalue weighted by Crippen LogP contribution is 2.21. The molecular weight excluding hydrogens is 397 g/mol. The summed E-state index contributed by atoms with van der Waals surface area (Å²) in [6.45, 7) is 0.435. The van der Waals surface area contributed by atoms with Crippen molar-refractivity contribution in [3.8, 4) is 0 Å². The number of aromatic nitrogens is 2. The van der Waals surface area contributed by atoms with E-state index >= 15 is 0 Å². The number of anilines is 1. The molecule has 3 rings (SSSR count). The zero-order valence-electron chi connectivity index (χ0n) is 15.4. The van der Waals surface area contributed by atoms with Gasteiger partial charge in [-0.05, 0) is 41.5 Å². The number of amides is 1. The fourth-order valence-electron chi connectivity index (χ4n) is 2.48. The van der Waals surface area contributed by atoms with E-state index < -0.39 is 0 Å². The Bertz CT molecular complexity index is 996. The number of rotatable bonds is 6. The molecule has 0 aliphatic rings. The van der Waals surface area contributed by atoms with E-state index in [0.29, 0.717) is 16.6 Å². The molecule has 0 aliphatic heterocycles. The first-order valence-corrected chi connectivity index (χ1v) is 9.26. The number of halogens is 2. The molecule has 1 heterocycles. The van der Waals surface area contributed by atoms with Crippen LogP contribution in [0.2, 0.25) is 10.0 Å². The summed E-state index contributed by atoms with van der Waals surface area (Å²) < 4.78 is 1.63. The van der Waals surface area contributed by atoms with Crippen molar-refractivity contribution in [2.45, 2.75) is 6.54 Å². The van der Waals surface area contributed by atoms with Crippen molar-refractivity contribution in [2.24, 2.45) is 5.10 Å². The minimum atomic E-state index is -0.387. The number of benzene rings is 2. The quantitative estimate of drug-likeness (QED) is 0.487. The Morgan fingerprint density at radius 2 is 1.93 bits per heavy atom. The van der Waals surface area contributed by atoms with Crippen LogP contribution in [0.5, 0.6) is 0 Å². The molecule has 1 aromatic heterocycles. The van der Waals surface area contributed by atoms with Crippen LogP contribution in [-0.2, 0) is 6.54 Å². The third-order valence-electron chi connectivity index (χ3n) is 4.01. The van der Waals surface area contributed by atoms with E-state index in [9.17, 15) is 4.79 Å². The lowest BCUT2D eigenvalue weighted by Gasteiger charge is -2.11. The molecule has 6 nitrogen and oxygen atoms in total. The molecule has 8 heteroatoms. The lowest BCUT2D eigenvalue weighted by atomic mass is 10.2. The molecule has 0 spiro atoms. The van der Waals surface area contributed by atoms with Crippen molar-refractivity contribution in [3.63, 3.8) is 0 Å². The van der Waals surface area contributed by atoms with Gasteiger partial charge < -0.3 is 4.90 Å². The molecule has 3 aromatic rings. The molecule has 0 saturated carbocycles. The SMILES string of the molecule is CN(C)c1ccc(/C=N\NC(=O)c2ccn(Cc3ccc(Cl)cc3Cl)n2)cc1. The van der Waals surface area contributed by atoms with Crippen LogP contribution in [0.1, 0.15) is 21.6 Å². The van der Waals surface area contributed by atoms with Gasteiger partial charge in [-0.3, -0.25) is 9.48 Å². The number of nitrogens with one attached hydrogen (secondary N) is 1. The lowest BCUT2D eigenvalue weighted by Crippen LogP contribution is -2.18. The summed E-state index contributed by atoms with van der Waals surface area (Å²) in [5.41, 5.74) is 5.59. The van der Waals surface area contributed by atoms with Gasteiger partial charge in [0.05, 0.1) is 12.8 Å². The lowest BCUT2D eigenvalue weighted by molar-refractivity contribution is 0.0949. The fraction of sp³-hybridized carbons (Fsp3) is 0.150. The average molecular weight is 416 g/mol. The van der Waals surface area contributed by atoms with Crippen LogP contribution in [0, 0.1) is 0 Å². The van der Waals surface area contributed by atoms with Gasteiger partial charge in [0.2, 0.25) is 0 Å². The second kappa shape index (κ2) is 8.91. The maximum Gasteiger partial charge on any atom is 0.291 e. The summed E-state index contributed by atoms with van der Waals surface area (Å²) in [6, 6.07) is 14.7. The topological polar surface area (TPSA) is 62.5 Å².